The molecule has 0 aromatic heterocycles. The van der Waals surface area contributed by atoms with E-state index in [1.807, 2.05) is 44.1 Å². The number of hydrogen-bond acceptors (Lipinski definition) is 6. The Hall–Kier alpha value is -1.84. The first-order valence-corrected chi connectivity index (χ1v) is 9.48. The van der Waals surface area contributed by atoms with E-state index in [0.29, 0.717) is 0 Å². The fourth-order valence-electron chi connectivity index (χ4n) is 1.80. The molecule has 0 unspecified atom stereocenters. The molecule has 0 atom stereocenters. The molecule has 1 aromatic rings. The van der Waals surface area contributed by atoms with Crippen LogP contribution >= 0.6 is 0 Å². The van der Waals surface area contributed by atoms with E-state index in [1.165, 1.54) is 12.5 Å². The molecule has 1 aromatic carbocycles. The molecule has 0 saturated heterocycles. The van der Waals surface area contributed by atoms with Crippen LogP contribution in [0.4, 0.5) is 18.9 Å². The maximum Gasteiger partial charge on any atom is 1.00 e. The van der Waals surface area contributed by atoms with Crippen LogP contribution in [0.5, 0.6) is 0 Å². The third-order valence-electron chi connectivity index (χ3n) is 2.78. The molecular weight excluding hydrogens is 475 g/mol. The summed E-state index contributed by atoms with van der Waals surface area (Å²) >= 11 is 0. The largest absolute Gasteiger partial charge is 1.00 e. The van der Waals surface area contributed by atoms with Crippen LogP contribution in [-0.4, -0.2) is 81.4 Å². The summed E-state index contributed by atoms with van der Waals surface area (Å²) in [5, 5.41) is 7.32. The molecule has 0 fully saturated rings. The van der Waals surface area contributed by atoms with Crippen molar-refractivity contribution < 1.29 is 43.2 Å². The second-order valence-corrected chi connectivity index (χ2v) is 7.56. The second-order valence-electron chi connectivity index (χ2n) is 6.19. The quantitative estimate of drug-likeness (QED) is 0.206. The number of guanidine groups is 1. The Morgan fingerprint density at radius 2 is 1.47 bits per heavy atom. The number of nitriles is 1. The van der Waals surface area contributed by atoms with Gasteiger partial charge in [-0.3, -0.25) is 0 Å². The Balaban J connectivity index is -0.000000511. The van der Waals surface area contributed by atoms with Crippen LogP contribution in [0.15, 0.2) is 29.3 Å². The molecule has 0 aliphatic heterocycles. The molecule has 0 heterocycles. The average Bonchev–Trinajstić information content (AvgIpc) is 2.52. The van der Waals surface area contributed by atoms with E-state index in [9.17, 15) is 13.2 Å². The van der Waals surface area contributed by atoms with Gasteiger partial charge in [0.2, 0.25) is 5.96 Å². The van der Waals surface area contributed by atoms with Gasteiger partial charge in [0.05, 0.1) is 11.8 Å². The molecule has 0 radical (unpaired) electrons. The smallest absolute Gasteiger partial charge is 0.741 e. The maximum atomic E-state index is 10.7. The van der Waals surface area contributed by atoms with Gasteiger partial charge >= 0.3 is 22.6 Å². The molecule has 30 heavy (non-hydrogen) atoms. The Morgan fingerprint density at radius 1 is 1.10 bits per heavy atom. The first-order chi connectivity index (χ1) is 13.1. The minimum absolute atomic E-state index is 0. The first-order valence-electron chi connectivity index (χ1n) is 8.07. The van der Waals surface area contributed by atoms with Crippen molar-refractivity contribution in [2.24, 2.45) is 4.99 Å². The van der Waals surface area contributed by atoms with Crippen molar-refractivity contribution >= 4 is 21.8 Å². The third kappa shape index (κ3) is 14.2. The van der Waals surface area contributed by atoms with E-state index in [4.69, 9.17) is 23.2 Å². The van der Waals surface area contributed by atoms with Gasteiger partial charge < -0.3 is 19.3 Å². The van der Waals surface area contributed by atoms with Crippen LogP contribution in [0.1, 0.15) is 12.5 Å². The van der Waals surface area contributed by atoms with Crippen LogP contribution < -0.4 is 0 Å². The Labute approximate surface area is 187 Å². The number of nitrogens with zero attached hydrogens (tertiary/aromatic N) is 5. The van der Waals surface area contributed by atoms with Gasteiger partial charge in [-0.25, -0.2) is 13.4 Å². The number of benzene rings is 1. The van der Waals surface area contributed by atoms with Crippen molar-refractivity contribution in [3.63, 3.8) is 0 Å². The number of hydrogen-bond donors (Lipinski definition) is 0. The molecule has 176 valence electrons. The minimum atomic E-state index is -6.09. The molecule has 0 aliphatic rings. The van der Waals surface area contributed by atoms with Crippen molar-refractivity contribution in [1.29, 1.82) is 5.26 Å². The third-order valence-corrected chi connectivity index (χ3v) is 3.35. The average molecular weight is 502 g/mol. The van der Waals surface area contributed by atoms with Gasteiger partial charge in [-0.1, -0.05) is 18.2 Å². The fourth-order valence-corrected chi connectivity index (χ4v) is 1.80. The molecule has 0 spiro atoms. The van der Waals surface area contributed by atoms with E-state index in [2.05, 4.69) is 37.2 Å². The number of halogens is 3. The zero-order valence-electron chi connectivity index (χ0n) is 17.8. The van der Waals surface area contributed by atoms with E-state index in [0.717, 1.165) is 18.2 Å². The zero-order valence-corrected chi connectivity index (χ0v) is 19.6. The standard InChI is InChI=1S/C14H24N4.C2H3N.CHF3O3S.Cu/c1-16(2)11-12-9-7-8-10-13(12)15-14(17(3)4)18(5)6;1-2-3;2-1(3,4)8(5,6)7;/h7-10H,11H2,1-6H3;1H3;(H,5,6,7);/q;;;+1/p-1. The molecule has 0 amide bonds. The number of rotatable bonds is 3. The van der Waals surface area contributed by atoms with Crippen molar-refractivity contribution in [2.45, 2.75) is 19.0 Å². The minimum Gasteiger partial charge on any atom is -0.741 e. The fraction of sp³-hybridized carbons (Fsp3) is 0.529. The normalized spacial score (nSPS) is 10.2. The van der Waals surface area contributed by atoms with Crippen LogP contribution in [0.25, 0.3) is 0 Å². The van der Waals surface area contributed by atoms with Crippen molar-refractivity contribution in [2.75, 3.05) is 42.3 Å². The Bertz CT molecular complexity index is 783. The molecule has 0 aliphatic carbocycles. The van der Waals surface area contributed by atoms with Crippen molar-refractivity contribution in [1.82, 2.24) is 14.7 Å². The number of aliphatic imine (C=N–C) groups is 1. The van der Waals surface area contributed by atoms with E-state index >= 15 is 0 Å². The van der Waals surface area contributed by atoms with E-state index < -0.39 is 15.6 Å². The monoisotopic (exact) mass is 501 g/mol. The summed E-state index contributed by atoms with van der Waals surface area (Å²) in [6, 6.07) is 10.0. The van der Waals surface area contributed by atoms with Crippen molar-refractivity contribution in [3.8, 4) is 6.07 Å². The molecule has 8 nitrogen and oxygen atoms in total. The van der Waals surface area contributed by atoms with E-state index in [-0.39, 0.29) is 17.1 Å². The Morgan fingerprint density at radius 3 is 1.77 bits per heavy atom. The summed E-state index contributed by atoms with van der Waals surface area (Å²) in [5.74, 6) is 0.946. The SMILES string of the molecule is CC#N.CN(C)Cc1ccccc1N=C(N(C)C)N(C)C.O=S(=O)([O-])C(F)(F)F.[Cu+]. The molecule has 0 bridgehead atoms. The molecule has 0 N–H and O–H groups in total. The summed E-state index contributed by atoms with van der Waals surface area (Å²) in [5.41, 5.74) is -3.38. The van der Waals surface area contributed by atoms with Gasteiger partial charge in [0.15, 0.2) is 10.1 Å². The molecule has 1 rings (SSSR count). The Kier molecular flexibility index (Phi) is 16.4. The van der Waals surface area contributed by atoms with Crippen LogP contribution in [0.2, 0.25) is 0 Å². The topological polar surface area (TPSA) is 103 Å². The van der Waals surface area contributed by atoms with Gasteiger partial charge in [0.1, 0.15) is 0 Å². The van der Waals surface area contributed by atoms with Gasteiger partial charge in [0, 0.05) is 41.7 Å². The number of para-hydroxylation sites is 1. The second kappa shape index (κ2) is 15.0. The predicted molar refractivity (Wildman–Crippen MR) is 105 cm³/mol. The summed E-state index contributed by atoms with van der Waals surface area (Å²) in [4.78, 5) is 10.9. The molecular formula is C17H27CuF3N5O3S. The van der Waals surface area contributed by atoms with E-state index in [1.54, 1.807) is 6.07 Å². The van der Waals surface area contributed by atoms with Crippen LogP contribution in [-0.2, 0) is 33.7 Å². The predicted octanol–water partition coefficient (Wildman–Crippen LogP) is 2.44. The number of alkyl halides is 3. The van der Waals surface area contributed by atoms with Crippen molar-refractivity contribution in [3.05, 3.63) is 29.8 Å². The summed E-state index contributed by atoms with van der Waals surface area (Å²) in [7, 11) is 6.08. The molecule has 13 heteroatoms. The maximum absolute atomic E-state index is 10.7. The summed E-state index contributed by atoms with van der Waals surface area (Å²) in [6.45, 7) is 2.33. The van der Waals surface area contributed by atoms with Gasteiger partial charge in [-0.2, -0.15) is 18.4 Å². The molecule has 0 saturated carbocycles. The van der Waals surface area contributed by atoms with Gasteiger partial charge in [-0.15, -0.1) is 0 Å². The van der Waals surface area contributed by atoms with Gasteiger partial charge in [0.25, 0.3) is 0 Å². The van der Waals surface area contributed by atoms with Crippen LogP contribution in [0, 0.1) is 11.3 Å². The first kappa shape index (κ1) is 32.8. The summed E-state index contributed by atoms with van der Waals surface area (Å²) < 4.78 is 58.9. The zero-order chi connectivity index (χ0) is 23.4. The van der Waals surface area contributed by atoms with Crippen LogP contribution in [0.3, 0.4) is 0 Å². The van der Waals surface area contributed by atoms with Gasteiger partial charge in [-0.05, 0) is 25.7 Å². The summed E-state index contributed by atoms with van der Waals surface area (Å²) in [6.07, 6.45) is 0.